The predicted octanol–water partition coefficient (Wildman–Crippen LogP) is 3.40. The van der Waals surface area contributed by atoms with Gasteiger partial charge in [-0.3, -0.25) is 4.98 Å². The van der Waals surface area contributed by atoms with E-state index in [1.807, 2.05) is 43.5 Å². The van der Waals surface area contributed by atoms with E-state index < -0.39 is 0 Å². The lowest BCUT2D eigenvalue weighted by Gasteiger charge is -2.13. The first-order valence-electron chi connectivity index (χ1n) is 5.58. The van der Waals surface area contributed by atoms with E-state index in [0.29, 0.717) is 0 Å². The lowest BCUT2D eigenvalue weighted by Crippen LogP contribution is -2.14. The highest BCUT2D eigenvalue weighted by atomic mass is 79.9. The first-order valence-corrected chi connectivity index (χ1v) is 6.37. The van der Waals surface area contributed by atoms with Gasteiger partial charge in [-0.1, -0.05) is 40.2 Å². The molecule has 2 N–H and O–H groups in total. The molecule has 0 aliphatic heterocycles. The van der Waals surface area contributed by atoms with Gasteiger partial charge in [0.1, 0.15) is 0 Å². The first kappa shape index (κ1) is 12.3. The molecule has 0 spiro atoms. The summed E-state index contributed by atoms with van der Waals surface area (Å²) in [6.45, 7) is 2.03. The van der Waals surface area contributed by atoms with E-state index in [1.165, 1.54) is 5.56 Å². The van der Waals surface area contributed by atoms with Gasteiger partial charge in [0, 0.05) is 28.8 Å². The van der Waals surface area contributed by atoms with Crippen LogP contribution in [0.5, 0.6) is 0 Å². The number of halogens is 1. The van der Waals surface area contributed by atoms with Crippen molar-refractivity contribution in [3.8, 4) is 0 Å². The lowest BCUT2D eigenvalue weighted by atomic mass is 10.0. The Kier molecular flexibility index (Phi) is 3.92. The maximum atomic E-state index is 6.20. The SMILES string of the molecule is Cc1ccc(CC(N)c2ccccc2Br)nc1. The van der Waals surface area contributed by atoms with E-state index in [2.05, 4.69) is 27.0 Å². The van der Waals surface area contributed by atoms with Crippen molar-refractivity contribution in [2.45, 2.75) is 19.4 Å². The zero-order valence-electron chi connectivity index (χ0n) is 9.73. The number of rotatable bonds is 3. The molecule has 0 aliphatic rings. The number of aromatic nitrogens is 1. The van der Waals surface area contributed by atoms with Crippen molar-refractivity contribution in [1.82, 2.24) is 4.98 Å². The monoisotopic (exact) mass is 290 g/mol. The van der Waals surface area contributed by atoms with Crippen LogP contribution < -0.4 is 5.73 Å². The topological polar surface area (TPSA) is 38.9 Å². The molecule has 1 heterocycles. The zero-order chi connectivity index (χ0) is 12.3. The van der Waals surface area contributed by atoms with Crippen LogP contribution in [-0.2, 0) is 6.42 Å². The molecule has 1 atom stereocenters. The van der Waals surface area contributed by atoms with Crippen molar-refractivity contribution in [2.24, 2.45) is 5.73 Å². The van der Waals surface area contributed by atoms with Crippen molar-refractivity contribution in [3.05, 3.63) is 63.9 Å². The Morgan fingerprint density at radius 3 is 2.65 bits per heavy atom. The molecule has 0 aliphatic carbocycles. The Morgan fingerprint density at radius 2 is 2.00 bits per heavy atom. The molecule has 2 nitrogen and oxygen atoms in total. The third-order valence-corrected chi connectivity index (χ3v) is 3.43. The van der Waals surface area contributed by atoms with Crippen LogP contribution in [0.4, 0.5) is 0 Å². The summed E-state index contributed by atoms with van der Waals surface area (Å²) in [5, 5.41) is 0. The van der Waals surface area contributed by atoms with Crippen LogP contribution in [0, 0.1) is 6.92 Å². The third kappa shape index (κ3) is 3.14. The van der Waals surface area contributed by atoms with Crippen LogP contribution in [0.25, 0.3) is 0 Å². The van der Waals surface area contributed by atoms with E-state index >= 15 is 0 Å². The molecular formula is C14H15BrN2. The maximum absolute atomic E-state index is 6.20. The highest BCUT2D eigenvalue weighted by molar-refractivity contribution is 9.10. The van der Waals surface area contributed by atoms with Gasteiger partial charge in [0.05, 0.1) is 0 Å². The summed E-state index contributed by atoms with van der Waals surface area (Å²) in [5.74, 6) is 0. The minimum atomic E-state index is -0.0271. The minimum Gasteiger partial charge on any atom is -0.324 e. The molecule has 0 saturated carbocycles. The van der Waals surface area contributed by atoms with Crippen molar-refractivity contribution in [2.75, 3.05) is 0 Å². The van der Waals surface area contributed by atoms with E-state index in [-0.39, 0.29) is 6.04 Å². The lowest BCUT2D eigenvalue weighted by molar-refractivity contribution is 0.703. The molecule has 0 fully saturated rings. The number of hydrogen-bond donors (Lipinski definition) is 1. The number of nitrogens with two attached hydrogens (primary N) is 1. The Balaban J connectivity index is 2.14. The number of pyridine rings is 1. The molecule has 1 aromatic heterocycles. The van der Waals surface area contributed by atoms with E-state index in [1.54, 1.807) is 0 Å². The van der Waals surface area contributed by atoms with E-state index in [0.717, 1.165) is 22.2 Å². The molecule has 0 saturated heterocycles. The van der Waals surface area contributed by atoms with Gasteiger partial charge < -0.3 is 5.73 Å². The second kappa shape index (κ2) is 5.43. The molecule has 88 valence electrons. The quantitative estimate of drug-likeness (QED) is 0.941. The number of benzene rings is 1. The third-order valence-electron chi connectivity index (χ3n) is 2.71. The van der Waals surface area contributed by atoms with Gasteiger partial charge in [-0.25, -0.2) is 0 Å². The van der Waals surface area contributed by atoms with E-state index in [4.69, 9.17) is 5.73 Å². The molecule has 0 amide bonds. The van der Waals surface area contributed by atoms with Gasteiger partial charge in [0.15, 0.2) is 0 Å². The Hall–Kier alpha value is -1.19. The Bertz CT molecular complexity index is 494. The summed E-state index contributed by atoms with van der Waals surface area (Å²) in [7, 11) is 0. The highest BCUT2D eigenvalue weighted by Crippen LogP contribution is 2.23. The summed E-state index contributed by atoms with van der Waals surface area (Å²) < 4.78 is 1.06. The smallest absolute Gasteiger partial charge is 0.0422 e. The molecule has 0 radical (unpaired) electrons. The summed E-state index contributed by atoms with van der Waals surface area (Å²) in [6.07, 6.45) is 2.63. The van der Waals surface area contributed by atoms with Gasteiger partial charge in [-0.15, -0.1) is 0 Å². The van der Waals surface area contributed by atoms with Gasteiger partial charge in [0.2, 0.25) is 0 Å². The average molecular weight is 291 g/mol. The minimum absolute atomic E-state index is 0.0271. The molecule has 2 aromatic rings. The zero-order valence-corrected chi connectivity index (χ0v) is 11.3. The van der Waals surface area contributed by atoms with Crippen LogP contribution in [0.1, 0.15) is 22.9 Å². The molecule has 3 heteroatoms. The Labute approximate surface area is 110 Å². The summed E-state index contributed by atoms with van der Waals surface area (Å²) in [4.78, 5) is 4.38. The van der Waals surface area contributed by atoms with Crippen LogP contribution in [0.2, 0.25) is 0 Å². The van der Waals surface area contributed by atoms with Gasteiger partial charge in [-0.2, -0.15) is 0 Å². The van der Waals surface area contributed by atoms with Crippen molar-refractivity contribution >= 4 is 15.9 Å². The summed E-state index contributed by atoms with van der Waals surface area (Å²) >= 11 is 3.52. The van der Waals surface area contributed by atoms with Crippen LogP contribution >= 0.6 is 15.9 Å². The molecular weight excluding hydrogens is 276 g/mol. The molecule has 1 unspecified atom stereocenters. The largest absolute Gasteiger partial charge is 0.324 e. The summed E-state index contributed by atoms with van der Waals surface area (Å²) in [5.41, 5.74) is 9.51. The molecule has 0 bridgehead atoms. The predicted molar refractivity (Wildman–Crippen MR) is 73.7 cm³/mol. The number of aryl methyl sites for hydroxylation is 1. The van der Waals surface area contributed by atoms with Crippen molar-refractivity contribution in [3.63, 3.8) is 0 Å². The maximum Gasteiger partial charge on any atom is 0.0422 e. The van der Waals surface area contributed by atoms with Crippen LogP contribution in [0.15, 0.2) is 47.1 Å². The average Bonchev–Trinajstić information content (AvgIpc) is 2.32. The van der Waals surface area contributed by atoms with Crippen LogP contribution in [-0.4, -0.2) is 4.98 Å². The number of hydrogen-bond acceptors (Lipinski definition) is 2. The highest BCUT2D eigenvalue weighted by Gasteiger charge is 2.10. The van der Waals surface area contributed by atoms with Gasteiger partial charge in [-0.05, 0) is 30.2 Å². The second-order valence-electron chi connectivity index (χ2n) is 4.16. The molecule has 2 rings (SSSR count). The van der Waals surface area contributed by atoms with Crippen LogP contribution in [0.3, 0.4) is 0 Å². The van der Waals surface area contributed by atoms with Crippen molar-refractivity contribution in [1.29, 1.82) is 0 Å². The van der Waals surface area contributed by atoms with E-state index in [9.17, 15) is 0 Å². The second-order valence-corrected chi connectivity index (χ2v) is 5.01. The van der Waals surface area contributed by atoms with Crippen molar-refractivity contribution < 1.29 is 0 Å². The molecule has 17 heavy (non-hydrogen) atoms. The fraction of sp³-hybridized carbons (Fsp3) is 0.214. The fourth-order valence-electron chi connectivity index (χ4n) is 1.73. The Morgan fingerprint density at radius 1 is 1.24 bits per heavy atom. The first-order chi connectivity index (χ1) is 8.16. The standard InChI is InChI=1S/C14H15BrN2/c1-10-6-7-11(17-9-10)8-14(16)12-4-2-3-5-13(12)15/h2-7,9,14H,8,16H2,1H3. The fourth-order valence-corrected chi connectivity index (χ4v) is 2.31. The number of nitrogens with zero attached hydrogens (tertiary/aromatic N) is 1. The van der Waals surface area contributed by atoms with Gasteiger partial charge >= 0.3 is 0 Å². The molecule has 1 aromatic carbocycles. The summed E-state index contributed by atoms with van der Waals surface area (Å²) in [6, 6.07) is 12.1. The van der Waals surface area contributed by atoms with Gasteiger partial charge in [0.25, 0.3) is 0 Å². The normalized spacial score (nSPS) is 12.4.